The first-order valence-electron chi connectivity index (χ1n) is 11.5. The van der Waals surface area contributed by atoms with Gasteiger partial charge in [0.05, 0.1) is 19.9 Å². The maximum absolute atomic E-state index is 14.7. The van der Waals surface area contributed by atoms with Crippen molar-refractivity contribution in [1.29, 1.82) is 0 Å². The average molecular weight is 521 g/mol. The third kappa shape index (κ3) is 2.80. The van der Waals surface area contributed by atoms with Gasteiger partial charge in [0.15, 0.2) is 5.54 Å². The summed E-state index contributed by atoms with van der Waals surface area (Å²) in [5.41, 5.74) is 1.08. The summed E-state index contributed by atoms with van der Waals surface area (Å²) in [4.78, 5) is 38.7. The number of pyridine rings is 1. The standard InChI is InChI=1S/C26H24N4O4S2/c1-28-15-20(16-6-4-10-27-13-16)26(23(32)30(24(35)36-26)14-18-7-5-11-34-18)25(28)19-12-17(33-3)8-9-21(19)29(2)22(25)31/h4-13,20H,14-15H2,1-3H3/t20?,25-,26+/m1/s1. The second-order valence-electron chi connectivity index (χ2n) is 9.25. The Bertz CT molecular complexity index is 1380. The molecule has 0 bridgehead atoms. The van der Waals surface area contributed by atoms with Crippen molar-refractivity contribution in [1.82, 2.24) is 14.8 Å². The first kappa shape index (κ1) is 23.2. The highest BCUT2D eigenvalue weighted by Crippen LogP contribution is 2.66. The van der Waals surface area contributed by atoms with Gasteiger partial charge in [-0.3, -0.25) is 24.4 Å². The van der Waals surface area contributed by atoms with E-state index in [1.165, 1.54) is 11.8 Å². The van der Waals surface area contributed by atoms with E-state index in [4.69, 9.17) is 21.4 Å². The first-order chi connectivity index (χ1) is 17.4. The zero-order chi connectivity index (χ0) is 25.2. The van der Waals surface area contributed by atoms with E-state index in [1.807, 2.05) is 48.3 Å². The topological polar surface area (TPSA) is 79.1 Å². The number of benzene rings is 1. The van der Waals surface area contributed by atoms with Gasteiger partial charge in [0, 0.05) is 43.2 Å². The van der Waals surface area contributed by atoms with Crippen LogP contribution < -0.4 is 9.64 Å². The lowest BCUT2D eigenvalue weighted by Crippen LogP contribution is -2.62. The maximum Gasteiger partial charge on any atom is 0.254 e. The molecular formula is C26H24N4O4S2. The van der Waals surface area contributed by atoms with Crippen LogP contribution in [-0.4, -0.2) is 63.4 Å². The van der Waals surface area contributed by atoms with Crippen molar-refractivity contribution >= 4 is 45.8 Å². The van der Waals surface area contributed by atoms with Crippen LogP contribution in [0.4, 0.5) is 5.69 Å². The summed E-state index contributed by atoms with van der Waals surface area (Å²) in [6.07, 6.45) is 5.06. The number of likely N-dealkylation sites (N-methyl/N-ethyl adjacent to an activating group) is 2. The number of ether oxygens (including phenoxy) is 1. The van der Waals surface area contributed by atoms with Gasteiger partial charge in [0.1, 0.15) is 20.6 Å². The number of fused-ring (bicyclic) bond motifs is 3. The number of carbonyl (C=O) groups excluding carboxylic acids is 2. The Labute approximate surface area is 218 Å². The molecule has 6 rings (SSSR count). The molecule has 184 valence electrons. The summed E-state index contributed by atoms with van der Waals surface area (Å²) in [6, 6.07) is 13.0. The molecule has 8 nitrogen and oxygen atoms in total. The Hall–Kier alpha value is -3.21. The van der Waals surface area contributed by atoms with Crippen LogP contribution in [0, 0.1) is 0 Å². The molecule has 2 fully saturated rings. The number of thioether (sulfide) groups is 1. The second-order valence-corrected chi connectivity index (χ2v) is 11.1. The molecule has 3 aliphatic heterocycles. The molecule has 2 spiro atoms. The lowest BCUT2D eigenvalue weighted by atomic mass is 9.72. The first-order valence-corrected chi connectivity index (χ1v) is 12.7. The van der Waals surface area contributed by atoms with Crippen LogP contribution in [0.2, 0.25) is 0 Å². The number of aromatic nitrogens is 1. The summed E-state index contributed by atoms with van der Waals surface area (Å²) in [5.74, 6) is 0.532. The van der Waals surface area contributed by atoms with Gasteiger partial charge in [-0.2, -0.15) is 0 Å². The van der Waals surface area contributed by atoms with E-state index in [0.29, 0.717) is 22.4 Å². The minimum atomic E-state index is -1.30. The number of hydrogen-bond donors (Lipinski definition) is 0. The summed E-state index contributed by atoms with van der Waals surface area (Å²) in [6.45, 7) is 0.672. The number of rotatable bonds is 4. The summed E-state index contributed by atoms with van der Waals surface area (Å²) < 4.78 is 10.3. The van der Waals surface area contributed by atoms with Crippen molar-refractivity contribution in [3.05, 3.63) is 78.0 Å². The monoisotopic (exact) mass is 520 g/mol. The number of hydrogen-bond acceptors (Lipinski definition) is 8. The fourth-order valence-corrected chi connectivity index (χ4v) is 8.21. The van der Waals surface area contributed by atoms with E-state index in [-0.39, 0.29) is 24.3 Å². The number of furan rings is 1. The highest BCUT2D eigenvalue weighted by Gasteiger charge is 2.78. The number of methoxy groups -OCH3 is 1. The molecule has 2 aromatic heterocycles. The molecule has 36 heavy (non-hydrogen) atoms. The lowest BCUT2D eigenvalue weighted by Gasteiger charge is -2.42. The third-order valence-corrected chi connectivity index (χ3v) is 9.58. The van der Waals surface area contributed by atoms with Crippen molar-refractivity contribution in [2.24, 2.45) is 0 Å². The summed E-state index contributed by atoms with van der Waals surface area (Å²) in [5, 5.41) is 0. The Morgan fingerprint density at radius 1 is 1.19 bits per heavy atom. The molecule has 3 aromatic rings. The Kier molecular flexibility index (Phi) is 5.26. The van der Waals surface area contributed by atoms with Gasteiger partial charge in [0.2, 0.25) is 5.91 Å². The average Bonchev–Trinajstić information content (AvgIpc) is 3.61. The largest absolute Gasteiger partial charge is 0.497 e. The van der Waals surface area contributed by atoms with Gasteiger partial charge >= 0.3 is 0 Å². The predicted octanol–water partition coefficient (Wildman–Crippen LogP) is 3.38. The zero-order valence-electron chi connectivity index (χ0n) is 20.0. The van der Waals surface area contributed by atoms with Crippen molar-refractivity contribution in [2.75, 3.05) is 32.6 Å². The zero-order valence-corrected chi connectivity index (χ0v) is 21.6. The van der Waals surface area contributed by atoms with Crippen molar-refractivity contribution in [3.63, 3.8) is 0 Å². The number of nitrogens with zero attached hydrogens (tertiary/aromatic N) is 4. The highest BCUT2D eigenvalue weighted by atomic mass is 32.2. The van der Waals surface area contributed by atoms with E-state index in [0.717, 1.165) is 16.8 Å². The van der Waals surface area contributed by atoms with Crippen molar-refractivity contribution < 1.29 is 18.7 Å². The van der Waals surface area contributed by atoms with E-state index in [1.54, 1.807) is 48.7 Å². The molecule has 2 saturated heterocycles. The molecule has 1 unspecified atom stereocenters. The molecule has 5 heterocycles. The Morgan fingerprint density at radius 3 is 2.72 bits per heavy atom. The summed E-state index contributed by atoms with van der Waals surface area (Å²) >= 11 is 7.13. The molecule has 10 heteroatoms. The van der Waals surface area contributed by atoms with Crippen LogP contribution in [0.15, 0.2) is 65.5 Å². The van der Waals surface area contributed by atoms with E-state index in [2.05, 4.69) is 4.98 Å². The van der Waals surface area contributed by atoms with Gasteiger partial charge in [0.25, 0.3) is 5.91 Å². The Balaban J connectivity index is 1.62. The van der Waals surface area contributed by atoms with E-state index in [9.17, 15) is 9.59 Å². The van der Waals surface area contributed by atoms with Crippen LogP contribution in [0.1, 0.15) is 22.8 Å². The Morgan fingerprint density at radius 2 is 2.03 bits per heavy atom. The molecule has 0 saturated carbocycles. The normalized spacial score (nSPS) is 27.6. The number of thiocarbonyl (C=S) groups is 1. The third-order valence-electron chi connectivity index (χ3n) is 7.64. The fraction of sp³-hybridized carbons (Fsp3) is 0.308. The quantitative estimate of drug-likeness (QED) is 0.485. The minimum Gasteiger partial charge on any atom is -0.497 e. The van der Waals surface area contributed by atoms with Gasteiger partial charge in [-0.1, -0.05) is 30.0 Å². The second kappa shape index (κ2) is 8.16. The van der Waals surface area contributed by atoms with Gasteiger partial charge < -0.3 is 14.1 Å². The minimum absolute atomic E-state index is 0.164. The van der Waals surface area contributed by atoms with Crippen molar-refractivity contribution in [3.8, 4) is 5.75 Å². The van der Waals surface area contributed by atoms with Crippen molar-refractivity contribution in [2.45, 2.75) is 22.7 Å². The van der Waals surface area contributed by atoms with Crippen LogP contribution in [0.5, 0.6) is 5.75 Å². The lowest BCUT2D eigenvalue weighted by molar-refractivity contribution is -0.139. The number of likely N-dealkylation sites (tertiary alicyclic amines) is 1. The summed E-state index contributed by atoms with van der Waals surface area (Å²) in [7, 11) is 5.26. The highest BCUT2D eigenvalue weighted by molar-refractivity contribution is 8.25. The van der Waals surface area contributed by atoms with Crippen LogP contribution in [-0.2, 0) is 21.7 Å². The number of carbonyl (C=O) groups is 2. The van der Waals surface area contributed by atoms with Gasteiger partial charge in [-0.15, -0.1) is 0 Å². The molecule has 2 amide bonds. The van der Waals surface area contributed by atoms with Crippen LogP contribution >= 0.6 is 24.0 Å². The molecule has 0 N–H and O–H groups in total. The predicted molar refractivity (Wildman–Crippen MR) is 140 cm³/mol. The number of anilines is 1. The molecule has 3 atom stereocenters. The van der Waals surface area contributed by atoms with E-state index < -0.39 is 10.3 Å². The van der Waals surface area contributed by atoms with Gasteiger partial charge in [-0.25, -0.2) is 0 Å². The molecule has 0 radical (unpaired) electrons. The SMILES string of the molecule is COc1ccc2c(c1)[C@]1(C(=O)N2C)N(C)CC(c2cccnc2)[C@@]12SC(=S)N(Cc1ccco1)C2=O. The van der Waals surface area contributed by atoms with E-state index >= 15 is 0 Å². The maximum atomic E-state index is 14.7. The van der Waals surface area contributed by atoms with Gasteiger partial charge in [-0.05, 0) is 49.0 Å². The molecular weight excluding hydrogens is 496 g/mol. The fourth-order valence-electron chi connectivity index (χ4n) is 6.08. The smallest absolute Gasteiger partial charge is 0.254 e. The molecule has 0 aliphatic carbocycles. The van der Waals surface area contributed by atoms with Crippen LogP contribution in [0.25, 0.3) is 0 Å². The van der Waals surface area contributed by atoms with Crippen LogP contribution in [0.3, 0.4) is 0 Å². The molecule has 3 aliphatic rings. The molecule has 1 aromatic carbocycles. The number of amides is 2.